The first-order chi connectivity index (χ1) is 14.5. The van der Waals surface area contributed by atoms with Crippen LogP contribution in [-0.4, -0.2) is 33.2 Å². The average molecular weight is 396 g/mol. The number of carbonyl (C=O) groups excluding carboxylic acids is 3. The summed E-state index contributed by atoms with van der Waals surface area (Å²) in [5.41, 5.74) is 2.24. The molecule has 1 atom stereocenters. The number of carbonyl (C=O) groups is 3. The molecule has 2 heterocycles. The van der Waals surface area contributed by atoms with Crippen LogP contribution in [0.1, 0.15) is 39.4 Å². The molecular formula is C25H20N2O3. The zero-order valence-corrected chi connectivity index (χ0v) is 16.7. The molecule has 0 saturated heterocycles. The van der Waals surface area contributed by atoms with Gasteiger partial charge in [-0.1, -0.05) is 62.4 Å². The van der Waals surface area contributed by atoms with Crippen molar-refractivity contribution < 1.29 is 14.4 Å². The number of fused-ring (bicyclic) bond motifs is 4. The summed E-state index contributed by atoms with van der Waals surface area (Å²) < 4.78 is 1.65. The van der Waals surface area contributed by atoms with Gasteiger partial charge in [0, 0.05) is 10.8 Å². The average Bonchev–Trinajstić information content (AvgIpc) is 3.22. The van der Waals surface area contributed by atoms with E-state index in [1.807, 2.05) is 62.4 Å². The number of nitrogens with zero attached hydrogens (tertiary/aromatic N) is 2. The lowest BCUT2D eigenvalue weighted by atomic mass is 10.0. The van der Waals surface area contributed by atoms with Crippen molar-refractivity contribution in [2.24, 2.45) is 5.92 Å². The second kappa shape index (κ2) is 6.66. The van der Waals surface area contributed by atoms with E-state index in [9.17, 15) is 14.4 Å². The third-order valence-electron chi connectivity index (χ3n) is 5.79. The summed E-state index contributed by atoms with van der Waals surface area (Å²) in [6.07, 6.45) is 0. The lowest BCUT2D eigenvalue weighted by Gasteiger charge is -2.28. The normalized spacial score (nSPS) is 14.7. The Bertz CT molecular complexity index is 1260. The van der Waals surface area contributed by atoms with Gasteiger partial charge in [-0.05, 0) is 30.2 Å². The second-order valence-corrected chi connectivity index (χ2v) is 7.92. The fourth-order valence-corrected chi connectivity index (χ4v) is 4.45. The van der Waals surface area contributed by atoms with E-state index in [0.29, 0.717) is 11.1 Å². The molecule has 4 aromatic rings. The van der Waals surface area contributed by atoms with Crippen LogP contribution in [-0.2, 0) is 0 Å². The molecule has 2 amide bonds. The summed E-state index contributed by atoms with van der Waals surface area (Å²) in [4.78, 5) is 41.3. The Morgan fingerprint density at radius 3 is 1.60 bits per heavy atom. The van der Waals surface area contributed by atoms with Gasteiger partial charge in [0.15, 0.2) is 0 Å². The quantitative estimate of drug-likeness (QED) is 0.469. The van der Waals surface area contributed by atoms with Gasteiger partial charge in [-0.15, -0.1) is 0 Å². The summed E-state index contributed by atoms with van der Waals surface area (Å²) in [7, 11) is 0. The van der Waals surface area contributed by atoms with Crippen molar-refractivity contribution >= 4 is 39.5 Å². The van der Waals surface area contributed by atoms with E-state index in [1.54, 1.807) is 28.8 Å². The Labute approximate surface area is 173 Å². The van der Waals surface area contributed by atoms with Crippen molar-refractivity contribution in [2.45, 2.75) is 19.9 Å². The molecule has 0 saturated carbocycles. The molecular weight excluding hydrogens is 376 g/mol. The molecule has 148 valence electrons. The fraction of sp³-hybridized carbons (Fsp3) is 0.160. The second-order valence-electron chi connectivity index (χ2n) is 7.92. The van der Waals surface area contributed by atoms with Gasteiger partial charge in [0.05, 0.1) is 22.2 Å². The Balaban J connectivity index is 1.70. The van der Waals surface area contributed by atoms with Crippen molar-refractivity contribution in [1.29, 1.82) is 0 Å². The van der Waals surface area contributed by atoms with Gasteiger partial charge in [-0.3, -0.25) is 23.9 Å². The minimum atomic E-state index is -0.906. The Hall–Kier alpha value is -3.73. The first-order valence-corrected chi connectivity index (χ1v) is 10.00. The predicted molar refractivity (Wildman–Crippen MR) is 116 cm³/mol. The molecule has 0 unspecified atom stereocenters. The maximum absolute atomic E-state index is 13.9. The molecule has 3 aromatic carbocycles. The number of para-hydroxylation sites is 2. The van der Waals surface area contributed by atoms with Gasteiger partial charge in [-0.25, -0.2) is 0 Å². The van der Waals surface area contributed by atoms with Crippen molar-refractivity contribution in [3.8, 4) is 0 Å². The molecule has 1 aromatic heterocycles. The van der Waals surface area contributed by atoms with Crippen molar-refractivity contribution in [3.63, 3.8) is 0 Å². The Kier molecular flexibility index (Phi) is 4.07. The van der Waals surface area contributed by atoms with Gasteiger partial charge >= 0.3 is 0 Å². The van der Waals surface area contributed by atoms with E-state index in [-0.39, 0.29) is 11.8 Å². The van der Waals surface area contributed by atoms with Crippen LogP contribution in [0.5, 0.6) is 0 Å². The summed E-state index contributed by atoms with van der Waals surface area (Å²) in [5.74, 6) is -1.36. The van der Waals surface area contributed by atoms with Crippen LogP contribution < -0.4 is 0 Å². The molecule has 30 heavy (non-hydrogen) atoms. The number of aromatic nitrogens is 1. The Morgan fingerprint density at radius 2 is 1.13 bits per heavy atom. The van der Waals surface area contributed by atoms with Crippen LogP contribution in [0, 0.1) is 5.92 Å². The third-order valence-corrected chi connectivity index (χ3v) is 5.79. The van der Waals surface area contributed by atoms with Crippen molar-refractivity contribution in [2.75, 3.05) is 0 Å². The topological polar surface area (TPSA) is 59.4 Å². The molecule has 0 radical (unpaired) electrons. The van der Waals surface area contributed by atoms with Crippen molar-refractivity contribution in [3.05, 3.63) is 83.9 Å². The smallest absolute Gasteiger partial charge is 0.262 e. The highest BCUT2D eigenvalue weighted by Crippen LogP contribution is 2.32. The lowest BCUT2D eigenvalue weighted by molar-refractivity contribution is 0.0468. The molecule has 0 fully saturated rings. The molecule has 0 bridgehead atoms. The molecule has 5 heteroatoms. The zero-order valence-electron chi connectivity index (χ0n) is 16.7. The number of benzene rings is 3. The van der Waals surface area contributed by atoms with E-state index >= 15 is 0 Å². The highest BCUT2D eigenvalue weighted by molar-refractivity contribution is 6.23. The van der Waals surface area contributed by atoms with E-state index in [0.717, 1.165) is 26.7 Å². The first kappa shape index (κ1) is 18.3. The summed E-state index contributed by atoms with van der Waals surface area (Å²) in [6.45, 7) is 3.72. The van der Waals surface area contributed by atoms with Crippen molar-refractivity contribution in [1.82, 2.24) is 9.47 Å². The predicted octanol–water partition coefficient (Wildman–Crippen LogP) is 4.76. The standard InChI is InChI=1S/C25H20N2O3/c1-15(2)22(27-23(28)18-11-3-4-12-19(18)24(27)29)25(30)26-20-13-7-5-9-16(20)17-10-6-8-14-21(17)26/h3-15,22H,1-2H3/t22-/m0/s1. The minimum absolute atomic E-state index is 0.250. The SMILES string of the molecule is CC(C)[C@@H](C(=O)n1c2ccccc2c2ccccc21)N1C(=O)c2ccccc2C1=O. The largest absolute Gasteiger partial charge is 0.278 e. The molecule has 1 aliphatic rings. The molecule has 5 rings (SSSR count). The maximum Gasteiger partial charge on any atom is 0.262 e. The summed E-state index contributed by atoms with van der Waals surface area (Å²) in [5, 5.41) is 1.93. The highest BCUT2D eigenvalue weighted by Gasteiger charge is 2.44. The molecule has 1 aliphatic heterocycles. The monoisotopic (exact) mass is 396 g/mol. The summed E-state index contributed by atoms with van der Waals surface area (Å²) in [6, 6.07) is 21.2. The van der Waals surface area contributed by atoms with E-state index in [4.69, 9.17) is 0 Å². The van der Waals surface area contributed by atoms with E-state index in [2.05, 4.69) is 0 Å². The van der Waals surface area contributed by atoms with E-state index in [1.165, 1.54) is 0 Å². The van der Waals surface area contributed by atoms with Gasteiger partial charge in [0.1, 0.15) is 6.04 Å². The summed E-state index contributed by atoms with van der Waals surface area (Å²) >= 11 is 0. The van der Waals surface area contributed by atoms with E-state index < -0.39 is 17.9 Å². The number of amides is 2. The van der Waals surface area contributed by atoms with Crippen LogP contribution in [0.25, 0.3) is 21.8 Å². The molecule has 0 aliphatic carbocycles. The van der Waals surface area contributed by atoms with Crippen LogP contribution >= 0.6 is 0 Å². The number of hydrogen-bond acceptors (Lipinski definition) is 3. The fourth-order valence-electron chi connectivity index (χ4n) is 4.45. The zero-order chi connectivity index (χ0) is 21.0. The van der Waals surface area contributed by atoms with Gasteiger partial charge < -0.3 is 0 Å². The van der Waals surface area contributed by atoms with Gasteiger partial charge in [0.2, 0.25) is 0 Å². The minimum Gasteiger partial charge on any atom is -0.278 e. The number of rotatable bonds is 3. The third kappa shape index (κ3) is 2.45. The van der Waals surface area contributed by atoms with Gasteiger partial charge in [0.25, 0.3) is 17.7 Å². The van der Waals surface area contributed by atoms with Crippen LogP contribution in [0.3, 0.4) is 0 Å². The maximum atomic E-state index is 13.9. The number of hydrogen-bond donors (Lipinski definition) is 0. The molecule has 0 N–H and O–H groups in total. The number of imide groups is 1. The Morgan fingerprint density at radius 1 is 0.700 bits per heavy atom. The molecule has 5 nitrogen and oxygen atoms in total. The highest BCUT2D eigenvalue weighted by atomic mass is 16.2. The lowest BCUT2D eigenvalue weighted by Crippen LogP contribution is -2.49. The first-order valence-electron chi connectivity index (χ1n) is 10.00. The van der Waals surface area contributed by atoms with Crippen LogP contribution in [0.2, 0.25) is 0 Å². The van der Waals surface area contributed by atoms with Crippen LogP contribution in [0.15, 0.2) is 72.8 Å². The van der Waals surface area contributed by atoms with Crippen LogP contribution in [0.4, 0.5) is 0 Å². The van der Waals surface area contributed by atoms with Gasteiger partial charge in [-0.2, -0.15) is 0 Å². The molecule has 0 spiro atoms.